The Hall–Kier alpha value is -3.02. The molecule has 1 unspecified atom stereocenters. The number of anilines is 1. The second kappa shape index (κ2) is 11.4. The first-order valence-corrected chi connectivity index (χ1v) is 12.2. The van der Waals surface area contributed by atoms with E-state index >= 15 is 0 Å². The predicted molar refractivity (Wildman–Crippen MR) is 139 cm³/mol. The van der Waals surface area contributed by atoms with Crippen LogP contribution in [0.3, 0.4) is 0 Å². The average molecular weight is 478 g/mol. The molecule has 1 N–H and O–H groups in total. The normalized spacial score (nSPS) is 15.1. The van der Waals surface area contributed by atoms with E-state index in [0.29, 0.717) is 12.1 Å². The van der Waals surface area contributed by atoms with Crippen LogP contribution in [0.25, 0.3) is 0 Å². The highest BCUT2D eigenvalue weighted by molar-refractivity contribution is 6.30. The zero-order valence-electron chi connectivity index (χ0n) is 19.8. The summed E-state index contributed by atoms with van der Waals surface area (Å²) in [7, 11) is 0. The van der Waals surface area contributed by atoms with E-state index in [2.05, 4.69) is 33.3 Å². The van der Waals surface area contributed by atoms with Crippen LogP contribution in [0.5, 0.6) is 5.75 Å². The van der Waals surface area contributed by atoms with Crippen molar-refractivity contribution in [1.29, 1.82) is 0 Å². The third-order valence-corrected chi connectivity index (χ3v) is 6.29. The van der Waals surface area contributed by atoms with Gasteiger partial charge < -0.3 is 15.0 Å². The molecule has 34 heavy (non-hydrogen) atoms. The molecule has 0 saturated carbocycles. The van der Waals surface area contributed by atoms with Crippen molar-refractivity contribution in [1.82, 2.24) is 10.2 Å². The minimum atomic E-state index is -0.133. The van der Waals surface area contributed by atoms with Gasteiger partial charge in [-0.05, 0) is 61.9 Å². The first kappa shape index (κ1) is 24.1. The maximum Gasteiger partial charge on any atom is 0.251 e. The Bertz CT molecular complexity index is 1090. The van der Waals surface area contributed by atoms with Crippen molar-refractivity contribution in [2.24, 2.45) is 0 Å². The van der Waals surface area contributed by atoms with Crippen LogP contribution in [0.15, 0.2) is 72.8 Å². The fourth-order valence-electron chi connectivity index (χ4n) is 4.13. The lowest BCUT2D eigenvalue weighted by Crippen LogP contribution is -2.45. The van der Waals surface area contributed by atoms with Gasteiger partial charge in [-0.25, -0.2) is 0 Å². The quantitative estimate of drug-likeness (QED) is 0.486. The van der Waals surface area contributed by atoms with Gasteiger partial charge in [-0.2, -0.15) is 0 Å². The summed E-state index contributed by atoms with van der Waals surface area (Å²) in [5.74, 6) is 0.744. The topological polar surface area (TPSA) is 44.8 Å². The Morgan fingerprint density at radius 3 is 2.47 bits per heavy atom. The van der Waals surface area contributed by atoms with Crippen molar-refractivity contribution in [2.45, 2.75) is 26.5 Å². The van der Waals surface area contributed by atoms with Gasteiger partial charge in [0.15, 0.2) is 0 Å². The molecule has 0 bridgehead atoms. The molecule has 1 amide bonds. The van der Waals surface area contributed by atoms with Crippen LogP contribution in [0, 0.1) is 6.92 Å². The van der Waals surface area contributed by atoms with Gasteiger partial charge in [-0.1, -0.05) is 47.5 Å². The van der Waals surface area contributed by atoms with Gasteiger partial charge in [-0.3, -0.25) is 9.69 Å². The Balaban J connectivity index is 1.24. The van der Waals surface area contributed by atoms with Crippen molar-refractivity contribution in [3.8, 4) is 5.75 Å². The minimum Gasteiger partial charge on any atom is -0.489 e. The summed E-state index contributed by atoms with van der Waals surface area (Å²) in [4.78, 5) is 17.2. The van der Waals surface area contributed by atoms with Crippen molar-refractivity contribution in [2.75, 3.05) is 37.6 Å². The third kappa shape index (κ3) is 6.75. The monoisotopic (exact) mass is 477 g/mol. The average Bonchev–Trinajstić information content (AvgIpc) is 2.84. The molecule has 3 aromatic carbocycles. The summed E-state index contributed by atoms with van der Waals surface area (Å²) in [6.07, 6.45) is -0.133. The maximum atomic E-state index is 12.3. The molecule has 0 aromatic heterocycles. The summed E-state index contributed by atoms with van der Waals surface area (Å²) in [6.45, 7) is 9.27. The van der Waals surface area contributed by atoms with Gasteiger partial charge in [0.1, 0.15) is 11.9 Å². The van der Waals surface area contributed by atoms with Crippen molar-refractivity contribution in [3.63, 3.8) is 0 Å². The lowest BCUT2D eigenvalue weighted by Gasteiger charge is -2.36. The molecule has 0 spiro atoms. The summed E-state index contributed by atoms with van der Waals surface area (Å²) >= 11 is 6.15. The second-order valence-electron chi connectivity index (χ2n) is 8.89. The van der Waals surface area contributed by atoms with E-state index in [1.165, 1.54) is 11.3 Å². The first-order chi connectivity index (χ1) is 16.5. The summed E-state index contributed by atoms with van der Waals surface area (Å²) in [5.41, 5.74) is 4.21. The fraction of sp³-hybridized carbons (Fsp3) is 0.321. The highest BCUT2D eigenvalue weighted by atomic mass is 35.5. The molecular weight excluding hydrogens is 446 g/mol. The minimum absolute atomic E-state index is 0.0823. The van der Waals surface area contributed by atoms with E-state index in [1.54, 1.807) is 0 Å². The number of carbonyl (C=O) groups excluding carboxylic acids is 1. The number of nitrogens with one attached hydrogen (secondary N) is 1. The number of aryl methyl sites for hydroxylation is 1. The zero-order chi connectivity index (χ0) is 23.9. The second-order valence-corrected chi connectivity index (χ2v) is 9.33. The van der Waals surface area contributed by atoms with E-state index in [4.69, 9.17) is 16.3 Å². The lowest BCUT2D eigenvalue weighted by molar-refractivity contribution is 0.0932. The summed E-state index contributed by atoms with van der Waals surface area (Å²) < 4.78 is 6.08. The molecule has 1 atom stereocenters. The molecule has 1 fully saturated rings. The number of carbonyl (C=O) groups is 1. The van der Waals surface area contributed by atoms with Gasteiger partial charge in [0.25, 0.3) is 5.91 Å². The van der Waals surface area contributed by atoms with Gasteiger partial charge >= 0.3 is 0 Å². The van der Waals surface area contributed by atoms with Crippen molar-refractivity contribution >= 4 is 23.2 Å². The summed E-state index contributed by atoms with van der Waals surface area (Å²) in [5, 5.41) is 3.73. The molecular formula is C28H32ClN3O2. The molecule has 178 valence electrons. The van der Waals surface area contributed by atoms with Gasteiger partial charge in [-0.15, -0.1) is 0 Å². The molecule has 0 aliphatic carbocycles. The first-order valence-electron chi connectivity index (χ1n) is 11.8. The van der Waals surface area contributed by atoms with Crippen molar-refractivity contribution in [3.05, 3.63) is 94.5 Å². The predicted octanol–water partition coefficient (Wildman–Crippen LogP) is 5.17. The van der Waals surface area contributed by atoms with Crippen LogP contribution in [0.4, 0.5) is 5.69 Å². The molecule has 1 aliphatic heterocycles. The fourth-order valence-corrected chi connectivity index (χ4v) is 4.31. The number of benzene rings is 3. The number of hydrogen-bond donors (Lipinski definition) is 1. The van der Waals surface area contributed by atoms with E-state index in [0.717, 1.165) is 49.1 Å². The molecule has 3 aromatic rings. The van der Waals surface area contributed by atoms with Crippen LogP contribution >= 0.6 is 11.6 Å². The van der Waals surface area contributed by atoms with Crippen LogP contribution in [-0.4, -0.2) is 49.6 Å². The van der Waals surface area contributed by atoms with E-state index in [-0.39, 0.29) is 12.0 Å². The summed E-state index contributed by atoms with van der Waals surface area (Å²) in [6, 6.07) is 23.9. The highest BCUT2D eigenvalue weighted by Gasteiger charge is 2.18. The zero-order valence-corrected chi connectivity index (χ0v) is 20.6. The van der Waals surface area contributed by atoms with E-state index < -0.39 is 0 Å². The number of rotatable bonds is 8. The van der Waals surface area contributed by atoms with E-state index in [1.807, 2.05) is 68.4 Å². The number of halogens is 1. The van der Waals surface area contributed by atoms with E-state index in [9.17, 15) is 4.79 Å². The van der Waals surface area contributed by atoms with Gasteiger partial charge in [0.05, 0.1) is 6.54 Å². The van der Waals surface area contributed by atoms with Gasteiger partial charge in [0, 0.05) is 49.0 Å². The Morgan fingerprint density at radius 2 is 1.74 bits per heavy atom. The molecule has 4 rings (SSSR count). The lowest BCUT2D eigenvalue weighted by atomic mass is 10.1. The van der Waals surface area contributed by atoms with Crippen LogP contribution < -0.4 is 15.0 Å². The van der Waals surface area contributed by atoms with Crippen LogP contribution in [-0.2, 0) is 6.54 Å². The number of nitrogens with zero attached hydrogens (tertiary/aromatic N) is 2. The van der Waals surface area contributed by atoms with Gasteiger partial charge in [0.2, 0.25) is 0 Å². The van der Waals surface area contributed by atoms with Crippen LogP contribution in [0.1, 0.15) is 28.4 Å². The Kier molecular flexibility index (Phi) is 8.09. The smallest absolute Gasteiger partial charge is 0.251 e. The largest absolute Gasteiger partial charge is 0.489 e. The SMILES string of the molecule is Cc1ccc(C(=O)NCC(C)Oc2cccc(CN3CCN(c4cccc(Cl)c4)CC3)c2)cc1. The van der Waals surface area contributed by atoms with Crippen LogP contribution in [0.2, 0.25) is 5.02 Å². The number of piperazine rings is 1. The number of hydrogen-bond acceptors (Lipinski definition) is 4. The standard InChI is InChI=1S/C28H32ClN3O2/c1-21-9-11-24(12-10-21)28(33)30-19-22(2)34-27-8-3-5-23(17-27)20-31-13-15-32(16-14-31)26-7-4-6-25(29)18-26/h3-12,17-18,22H,13-16,19-20H2,1-2H3,(H,30,33). The Labute approximate surface area is 207 Å². The molecule has 0 radical (unpaired) electrons. The Morgan fingerprint density at radius 1 is 1.00 bits per heavy atom. The third-order valence-electron chi connectivity index (χ3n) is 6.05. The molecule has 5 nitrogen and oxygen atoms in total. The number of ether oxygens (including phenoxy) is 1. The number of amides is 1. The molecule has 1 aliphatic rings. The molecule has 1 saturated heterocycles. The van der Waals surface area contributed by atoms with Crippen molar-refractivity contribution < 1.29 is 9.53 Å². The molecule has 1 heterocycles. The molecule has 6 heteroatoms. The highest BCUT2D eigenvalue weighted by Crippen LogP contribution is 2.22. The maximum absolute atomic E-state index is 12.3.